The first kappa shape index (κ1) is 40.1. The number of ether oxygens (including phenoxy) is 1. The summed E-state index contributed by atoms with van der Waals surface area (Å²) >= 11 is 0. The zero-order valence-corrected chi connectivity index (χ0v) is 27.3. The summed E-state index contributed by atoms with van der Waals surface area (Å²) in [5, 5.41) is 17.6. The Balaban J connectivity index is 3.26. The van der Waals surface area contributed by atoms with Crippen LogP contribution < -0.4 is 0 Å². The lowest BCUT2D eigenvalue weighted by molar-refractivity contribution is -0.140. The van der Waals surface area contributed by atoms with Gasteiger partial charge in [0.05, 0.1) is 18.6 Å². The summed E-state index contributed by atoms with van der Waals surface area (Å²) in [4.78, 5) is 33.2. The van der Waals surface area contributed by atoms with Crippen LogP contribution in [0.25, 0.3) is 0 Å². The molecular formula is C36H66O6. The molecule has 0 saturated heterocycles. The van der Waals surface area contributed by atoms with Gasteiger partial charge in [-0.1, -0.05) is 180 Å². The molecule has 0 aliphatic rings. The first-order chi connectivity index (χ1) is 20.5. The van der Waals surface area contributed by atoms with Gasteiger partial charge < -0.3 is 14.9 Å². The number of carbonyl (C=O) groups excluding carboxylic acids is 1. The molecule has 0 aromatic carbocycles. The molecule has 246 valence electrons. The maximum atomic E-state index is 11.6. The number of rotatable bonds is 33. The summed E-state index contributed by atoms with van der Waals surface area (Å²) in [6, 6.07) is 0. The largest absolute Gasteiger partial charge is 0.481 e. The molecule has 0 aliphatic heterocycles. The minimum absolute atomic E-state index is 0.231. The third-order valence-electron chi connectivity index (χ3n) is 8.15. The smallest absolute Gasteiger partial charge is 0.332 e. The number of hydrogen-bond acceptors (Lipinski definition) is 4. The van der Waals surface area contributed by atoms with Crippen LogP contribution >= 0.6 is 0 Å². The average molecular weight is 595 g/mol. The molecule has 0 atom stereocenters. The second kappa shape index (κ2) is 32.1. The molecular weight excluding hydrogens is 528 g/mol. The zero-order chi connectivity index (χ0) is 30.9. The maximum absolute atomic E-state index is 11.6. The third kappa shape index (κ3) is 31.1. The number of unbranched alkanes of at least 4 members (excludes halogenated alkanes) is 27. The Morgan fingerprint density at radius 2 is 0.762 bits per heavy atom. The van der Waals surface area contributed by atoms with Crippen LogP contribution in [0, 0.1) is 0 Å². The second-order valence-electron chi connectivity index (χ2n) is 12.3. The van der Waals surface area contributed by atoms with E-state index in [2.05, 4.69) is 6.92 Å². The van der Waals surface area contributed by atoms with E-state index in [1.54, 1.807) is 0 Å². The van der Waals surface area contributed by atoms with Crippen LogP contribution in [0.1, 0.15) is 193 Å². The van der Waals surface area contributed by atoms with Gasteiger partial charge in [0, 0.05) is 6.08 Å². The van der Waals surface area contributed by atoms with Crippen molar-refractivity contribution in [1.29, 1.82) is 0 Å². The van der Waals surface area contributed by atoms with E-state index < -0.39 is 29.9 Å². The van der Waals surface area contributed by atoms with Gasteiger partial charge in [0.2, 0.25) is 0 Å². The van der Waals surface area contributed by atoms with E-state index in [1.807, 2.05) is 0 Å². The Hall–Kier alpha value is -1.85. The zero-order valence-electron chi connectivity index (χ0n) is 27.3. The molecule has 0 aliphatic carbocycles. The van der Waals surface area contributed by atoms with Crippen molar-refractivity contribution in [3.05, 3.63) is 11.6 Å². The normalized spacial score (nSPS) is 11.6. The lowest BCUT2D eigenvalue weighted by Crippen LogP contribution is -2.11. The van der Waals surface area contributed by atoms with Crippen molar-refractivity contribution in [2.24, 2.45) is 0 Å². The fraction of sp³-hybridized carbons (Fsp3) is 0.861. The summed E-state index contributed by atoms with van der Waals surface area (Å²) in [5.41, 5.74) is -0.470. The Kier molecular flexibility index (Phi) is 30.7. The van der Waals surface area contributed by atoms with Gasteiger partial charge in [0.25, 0.3) is 0 Å². The van der Waals surface area contributed by atoms with Gasteiger partial charge >= 0.3 is 17.9 Å². The van der Waals surface area contributed by atoms with Gasteiger partial charge in [-0.05, 0) is 6.42 Å². The summed E-state index contributed by atoms with van der Waals surface area (Å²) < 4.78 is 4.99. The number of esters is 1. The van der Waals surface area contributed by atoms with Crippen LogP contribution in [0.5, 0.6) is 0 Å². The fourth-order valence-corrected chi connectivity index (χ4v) is 5.48. The van der Waals surface area contributed by atoms with Crippen LogP contribution in [0.4, 0.5) is 0 Å². The third-order valence-corrected chi connectivity index (χ3v) is 8.15. The molecule has 0 spiro atoms. The molecule has 0 saturated carbocycles. The number of carboxylic acid groups (broad SMARTS) is 2. The molecule has 0 amide bonds. The number of hydrogen-bond donors (Lipinski definition) is 2. The average Bonchev–Trinajstić information content (AvgIpc) is 2.95. The summed E-state index contributed by atoms with van der Waals surface area (Å²) in [6.45, 7) is 2.52. The lowest BCUT2D eigenvalue weighted by atomic mass is 10.0. The van der Waals surface area contributed by atoms with E-state index in [1.165, 1.54) is 161 Å². The number of carboxylic acids is 2. The lowest BCUT2D eigenvalue weighted by Gasteiger charge is -2.05. The van der Waals surface area contributed by atoms with Crippen molar-refractivity contribution in [2.45, 2.75) is 193 Å². The van der Waals surface area contributed by atoms with Gasteiger partial charge in [-0.2, -0.15) is 0 Å². The van der Waals surface area contributed by atoms with Gasteiger partial charge in [-0.25, -0.2) is 9.59 Å². The van der Waals surface area contributed by atoms with Crippen LogP contribution in [0.3, 0.4) is 0 Å². The highest BCUT2D eigenvalue weighted by Gasteiger charge is 2.14. The number of aliphatic carboxylic acids is 2. The summed E-state index contributed by atoms with van der Waals surface area (Å²) in [7, 11) is 0. The van der Waals surface area contributed by atoms with Crippen molar-refractivity contribution in [2.75, 3.05) is 6.61 Å². The molecule has 0 aromatic heterocycles. The molecule has 42 heavy (non-hydrogen) atoms. The summed E-state index contributed by atoms with van der Waals surface area (Å²) in [5.74, 6) is -3.50. The molecule has 0 aromatic rings. The minimum Gasteiger partial charge on any atom is -0.481 e. The van der Waals surface area contributed by atoms with Crippen LogP contribution in [-0.4, -0.2) is 34.7 Å². The highest BCUT2D eigenvalue weighted by Crippen LogP contribution is 2.16. The molecule has 0 unspecified atom stereocenters. The van der Waals surface area contributed by atoms with E-state index in [9.17, 15) is 14.4 Å². The van der Waals surface area contributed by atoms with E-state index in [0.717, 1.165) is 25.3 Å². The number of carbonyl (C=O) groups is 3. The van der Waals surface area contributed by atoms with Gasteiger partial charge in [0.15, 0.2) is 0 Å². The van der Waals surface area contributed by atoms with E-state index in [-0.39, 0.29) is 6.61 Å². The molecule has 2 N–H and O–H groups in total. The van der Waals surface area contributed by atoms with E-state index in [4.69, 9.17) is 14.9 Å². The molecule has 0 rings (SSSR count). The first-order valence-electron chi connectivity index (χ1n) is 17.8. The van der Waals surface area contributed by atoms with Gasteiger partial charge in [-0.3, -0.25) is 4.79 Å². The van der Waals surface area contributed by atoms with Gasteiger partial charge in [0.1, 0.15) is 0 Å². The van der Waals surface area contributed by atoms with Crippen LogP contribution in [-0.2, 0) is 19.1 Å². The van der Waals surface area contributed by atoms with Crippen LogP contribution in [0.2, 0.25) is 0 Å². The van der Waals surface area contributed by atoms with Crippen molar-refractivity contribution in [3.63, 3.8) is 0 Å². The molecule has 6 heteroatoms. The predicted molar refractivity (Wildman–Crippen MR) is 174 cm³/mol. The van der Waals surface area contributed by atoms with Gasteiger partial charge in [-0.15, -0.1) is 0 Å². The maximum Gasteiger partial charge on any atom is 0.332 e. The highest BCUT2D eigenvalue weighted by molar-refractivity contribution is 5.98. The van der Waals surface area contributed by atoms with Crippen LogP contribution in [0.15, 0.2) is 11.6 Å². The molecule has 0 fully saturated rings. The monoisotopic (exact) mass is 594 g/mol. The Labute approximate surface area is 258 Å². The van der Waals surface area contributed by atoms with Crippen molar-refractivity contribution in [1.82, 2.24) is 0 Å². The minimum atomic E-state index is -1.42. The fourth-order valence-electron chi connectivity index (χ4n) is 5.48. The topological polar surface area (TPSA) is 101 Å². The van der Waals surface area contributed by atoms with E-state index in [0.29, 0.717) is 0 Å². The van der Waals surface area contributed by atoms with Crippen molar-refractivity contribution >= 4 is 17.9 Å². The second-order valence-corrected chi connectivity index (χ2v) is 12.3. The predicted octanol–water partition coefficient (Wildman–Crippen LogP) is 11.0. The standard InChI is InChI=1S/C36H66O6/c1-2-3-4-5-6-7-8-9-10-11-12-13-14-15-16-17-18-19-20-21-22-23-24-25-26-27-28-29-30-42-35(39)32-33(36(40)41)31-34(37)38/h32H,2-31H2,1H3,(H,37,38)(H,40,41). The first-order valence-corrected chi connectivity index (χ1v) is 17.8. The quantitative estimate of drug-likeness (QED) is 0.0445. The van der Waals surface area contributed by atoms with Crippen molar-refractivity contribution in [3.8, 4) is 0 Å². The SMILES string of the molecule is CCCCCCCCCCCCCCCCCCCCCCCCCCCCCCOC(=O)C=C(CC(=O)O)C(=O)O. The molecule has 0 heterocycles. The Morgan fingerprint density at radius 1 is 0.476 bits per heavy atom. The Bertz CT molecular complexity index is 672. The van der Waals surface area contributed by atoms with E-state index >= 15 is 0 Å². The highest BCUT2D eigenvalue weighted by atomic mass is 16.5. The molecule has 6 nitrogen and oxygen atoms in total. The summed E-state index contributed by atoms with van der Waals surface area (Å²) in [6.07, 6.45) is 37.8. The molecule has 0 bridgehead atoms. The Morgan fingerprint density at radius 3 is 1.02 bits per heavy atom. The molecule has 0 radical (unpaired) electrons. The van der Waals surface area contributed by atoms with Crippen molar-refractivity contribution < 1.29 is 29.3 Å².